The largest absolute Gasteiger partial charge is 0.347 e. The maximum atomic E-state index is 13.5. The predicted molar refractivity (Wildman–Crippen MR) is 126 cm³/mol. The van der Waals surface area contributed by atoms with Gasteiger partial charge in [-0.3, -0.25) is 10.1 Å². The van der Waals surface area contributed by atoms with Crippen molar-refractivity contribution in [1.82, 2.24) is 14.8 Å². The Hall–Kier alpha value is -3.71. The number of nitrogens with zero attached hydrogens (tertiary/aromatic N) is 3. The maximum Gasteiger partial charge on any atom is 0.250 e. The molecule has 4 aromatic rings. The average Bonchev–Trinajstić information content (AvgIpc) is 3.22. The molecule has 0 bridgehead atoms. The van der Waals surface area contributed by atoms with Gasteiger partial charge in [0.05, 0.1) is 18.5 Å². The van der Waals surface area contributed by atoms with E-state index in [4.69, 9.17) is 11.6 Å². The lowest BCUT2D eigenvalue weighted by Crippen LogP contribution is -2.28. The van der Waals surface area contributed by atoms with Crippen molar-refractivity contribution in [3.05, 3.63) is 106 Å². The molecule has 0 unspecified atom stereocenters. The van der Waals surface area contributed by atoms with E-state index in [0.29, 0.717) is 17.4 Å². The first-order chi connectivity index (χ1) is 16.0. The van der Waals surface area contributed by atoms with Crippen LogP contribution in [0.2, 0.25) is 5.02 Å². The zero-order valence-corrected chi connectivity index (χ0v) is 18.3. The van der Waals surface area contributed by atoms with E-state index in [2.05, 4.69) is 20.7 Å². The molecule has 0 fully saturated rings. The number of halogens is 2. The van der Waals surface area contributed by atoms with Gasteiger partial charge >= 0.3 is 0 Å². The Kier molecular flexibility index (Phi) is 5.79. The van der Waals surface area contributed by atoms with Gasteiger partial charge in [0.2, 0.25) is 11.9 Å². The summed E-state index contributed by atoms with van der Waals surface area (Å²) in [4.78, 5) is 17.1. The van der Waals surface area contributed by atoms with E-state index in [-0.39, 0.29) is 36.2 Å². The van der Waals surface area contributed by atoms with E-state index in [1.54, 1.807) is 16.8 Å². The van der Waals surface area contributed by atoms with Crippen LogP contribution in [0.4, 0.5) is 16.3 Å². The van der Waals surface area contributed by atoms with Crippen molar-refractivity contribution >= 4 is 29.4 Å². The highest BCUT2D eigenvalue weighted by atomic mass is 35.5. The van der Waals surface area contributed by atoms with Crippen LogP contribution in [0.3, 0.4) is 0 Å². The number of aromatic nitrogens is 3. The van der Waals surface area contributed by atoms with Gasteiger partial charge in [0.25, 0.3) is 5.95 Å². The highest BCUT2D eigenvalue weighted by Crippen LogP contribution is 2.38. The molecule has 0 saturated carbocycles. The van der Waals surface area contributed by atoms with Crippen molar-refractivity contribution in [1.29, 1.82) is 0 Å². The molecule has 0 radical (unpaired) electrons. The fraction of sp³-hybridized carbons (Fsp3) is 0.160. The number of carbonyl (C=O) groups is 1. The quantitative estimate of drug-likeness (QED) is 0.417. The van der Waals surface area contributed by atoms with E-state index in [0.717, 1.165) is 16.7 Å². The molecule has 8 heteroatoms. The smallest absolute Gasteiger partial charge is 0.250 e. The van der Waals surface area contributed by atoms with Crippen LogP contribution in [-0.2, 0) is 11.2 Å². The second-order valence-corrected chi connectivity index (χ2v) is 8.40. The molecular formula is C25H21ClFN5O. The molecule has 33 heavy (non-hydrogen) atoms. The lowest BCUT2D eigenvalue weighted by molar-refractivity contribution is -0.115. The molecule has 2 N–H and O–H groups in total. The van der Waals surface area contributed by atoms with Crippen LogP contribution in [-0.4, -0.2) is 20.7 Å². The number of anilines is 2. The van der Waals surface area contributed by atoms with Gasteiger partial charge in [-0.1, -0.05) is 66.2 Å². The fourth-order valence-electron chi connectivity index (χ4n) is 4.06. The van der Waals surface area contributed by atoms with Gasteiger partial charge < -0.3 is 5.32 Å². The number of fused-ring (bicyclic) bond motifs is 1. The summed E-state index contributed by atoms with van der Waals surface area (Å²) in [6.45, 7) is 0. The van der Waals surface area contributed by atoms with Crippen molar-refractivity contribution in [2.75, 3.05) is 10.6 Å². The zero-order valence-electron chi connectivity index (χ0n) is 17.6. The Bertz CT molecular complexity index is 1260. The van der Waals surface area contributed by atoms with E-state index in [9.17, 15) is 9.18 Å². The normalized spacial score (nSPS) is 17.2. The minimum absolute atomic E-state index is 0.0538. The van der Waals surface area contributed by atoms with Gasteiger partial charge in [0.1, 0.15) is 5.82 Å². The second-order valence-electron chi connectivity index (χ2n) is 7.97. The molecule has 5 rings (SSSR count). The summed E-state index contributed by atoms with van der Waals surface area (Å²) in [7, 11) is 0. The Morgan fingerprint density at radius 3 is 2.45 bits per heavy atom. The molecule has 166 valence electrons. The second kappa shape index (κ2) is 9.03. The van der Waals surface area contributed by atoms with E-state index in [1.807, 2.05) is 54.6 Å². The summed E-state index contributed by atoms with van der Waals surface area (Å²) in [5.41, 5.74) is 2.87. The van der Waals surface area contributed by atoms with Gasteiger partial charge in [-0.05, 0) is 47.4 Å². The topological polar surface area (TPSA) is 71.8 Å². The molecule has 0 spiro atoms. The zero-order chi connectivity index (χ0) is 22.8. The first kappa shape index (κ1) is 21.2. The van der Waals surface area contributed by atoms with Crippen molar-refractivity contribution in [3.8, 4) is 0 Å². The molecule has 1 aromatic heterocycles. The minimum Gasteiger partial charge on any atom is -0.347 e. The third-order valence-corrected chi connectivity index (χ3v) is 5.93. The Morgan fingerprint density at radius 2 is 1.73 bits per heavy atom. The molecule has 2 heterocycles. The summed E-state index contributed by atoms with van der Waals surface area (Å²) in [5, 5.41) is 11.4. The van der Waals surface area contributed by atoms with E-state index in [1.165, 1.54) is 12.1 Å². The van der Waals surface area contributed by atoms with Gasteiger partial charge in [0.15, 0.2) is 0 Å². The number of nitrogens with one attached hydrogen (secondary N) is 2. The number of hydrogen-bond acceptors (Lipinski definition) is 4. The lowest BCUT2D eigenvalue weighted by atomic mass is 9.93. The third kappa shape index (κ3) is 4.73. The molecule has 1 aliphatic heterocycles. The van der Waals surface area contributed by atoms with Crippen LogP contribution >= 0.6 is 11.6 Å². The van der Waals surface area contributed by atoms with Crippen LogP contribution in [0.25, 0.3) is 0 Å². The third-order valence-electron chi connectivity index (χ3n) is 5.67. The Labute approximate surface area is 195 Å². The highest BCUT2D eigenvalue weighted by Gasteiger charge is 2.31. The summed E-state index contributed by atoms with van der Waals surface area (Å²) in [6, 6.07) is 23.3. The van der Waals surface area contributed by atoms with Crippen LogP contribution in [0, 0.1) is 5.82 Å². The van der Waals surface area contributed by atoms with E-state index < -0.39 is 0 Å². The fourth-order valence-corrected chi connectivity index (χ4v) is 4.18. The van der Waals surface area contributed by atoms with Crippen LogP contribution in [0.15, 0.2) is 78.9 Å². The van der Waals surface area contributed by atoms with Crippen LogP contribution in [0.1, 0.15) is 35.2 Å². The minimum atomic E-state index is -0.297. The predicted octanol–water partition coefficient (Wildman–Crippen LogP) is 5.40. The number of amides is 1. The number of benzene rings is 3. The number of rotatable bonds is 5. The number of hydrogen-bond donors (Lipinski definition) is 2. The molecule has 3 aromatic carbocycles. The van der Waals surface area contributed by atoms with E-state index >= 15 is 0 Å². The molecule has 1 amide bonds. The van der Waals surface area contributed by atoms with Crippen molar-refractivity contribution in [2.45, 2.75) is 24.9 Å². The van der Waals surface area contributed by atoms with Gasteiger partial charge in [-0.15, -0.1) is 5.10 Å². The summed E-state index contributed by atoms with van der Waals surface area (Å²) in [5.74, 6) is 0.263. The molecular weight excluding hydrogens is 441 g/mol. The summed E-state index contributed by atoms with van der Waals surface area (Å²) < 4.78 is 15.3. The van der Waals surface area contributed by atoms with Gasteiger partial charge in [0, 0.05) is 5.02 Å². The van der Waals surface area contributed by atoms with Crippen molar-refractivity contribution < 1.29 is 9.18 Å². The van der Waals surface area contributed by atoms with Gasteiger partial charge in [-0.25, -0.2) is 9.07 Å². The number of carbonyl (C=O) groups excluding carboxylic acids is 1. The highest BCUT2D eigenvalue weighted by molar-refractivity contribution is 6.30. The molecule has 0 aliphatic carbocycles. The van der Waals surface area contributed by atoms with Crippen molar-refractivity contribution in [2.24, 2.45) is 0 Å². The Morgan fingerprint density at radius 1 is 1.03 bits per heavy atom. The SMILES string of the molecule is O=C(Cc1ccccc1)Nc1nc2n(n1)[C@H](c1ccc(F)cc1)C[C@H](c1ccc(Cl)cc1)N2. The first-order valence-corrected chi connectivity index (χ1v) is 11.0. The lowest BCUT2D eigenvalue weighted by Gasteiger charge is -2.31. The first-order valence-electron chi connectivity index (χ1n) is 10.6. The van der Waals surface area contributed by atoms with Gasteiger partial charge in [-0.2, -0.15) is 4.98 Å². The summed E-state index contributed by atoms with van der Waals surface area (Å²) >= 11 is 6.06. The standard InChI is InChI=1S/C25H21ClFN5O/c26-19-10-6-17(7-11-19)21-15-22(18-8-12-20(27)13-9-18)32-25(28-21)30-24(31-32)29-23(33)14-16-4-2-1-3-5-16/h1-13,21-22H,14-15H2,(H2,28,29,30,31,33)/t21-,22+/m1/s1. The molecule has 6 nitrogen and oxygen atoms in total. The van der Waals surface area contributed by atoms with Crippen LogP contribution in [0.5, 0.6) is 0 Å². The summed E-state index contributed by atoms with van der Waals surface area (Å²) in [6.07, 6.45) is 0.897. The average molecular weight is 462 g/mol. The van der Waals surface area contributed by atoms with Crippen molar-refractivity contribution in [3.63, 3.8) is 0 Å². The maximum absolute atomic E-state index is 13.5. The monoisotopic (exact) mass is 461 g/mol. The molecule has 0 saturated heterocycles. The molecule has 1 aliphatic rings. The Balaban J connectivity index is 1.43. The molecule has 2 atom stereocenters. The van der Waals surface area contributed by atoms with Crippen LogP contribution < -0.4 is 10.6 Å².